The Hall–Kier alpha value is -5.11. The molecule has 7 nitrogen and oxygen atoms in total. The summed E-state index contributed by atoms with van der Waals surface area (Å²) in [4.78, 5) is 32.8. The Bertz CT molecular complexity index is 2190. The minimum atomic E-state index is -0.891. The Labute approximate surface area is 276 Å². The molecule has 0 saturated heterocycles. The van der Waals surface area contributed by atoms with Crippen LogP contribution in [0.1, 0.15) is 40.8 Å². The van der Waals surface area contributed by atoms with E-state index < -0.39 is 17.8 Å². The standard InChI is InChI=1S/C36H25BrFN3O4S/c1-2-44-35(43)31-32(25-6-4-3-5-7-25)40-36-41(33(31)26-13-15-27(38)16-14-26)34(42)30(46-36)19-24-12-17-29(28(37)18-24)45-21-23-10-8-22(20-39)9-11-23/h3-19,33H,2,21H2,1H3/b30-19-/t33-/m1/s1. The molecule has 1 aliphatic heterocycles. The number of hydrogen-bond acceptors (Lipinski definition) is 7. The van der Waals surface area contributed by atoms with E-state index in [-0.39, 0.29) is 17.7 Å². The van der Waals surface area contributed by atoms with Crippen molar-refractivity contribution in [1.82, 2.24) is 4.57 Å². The lowest BCUT2D eigenvalue weighted by Crippen LogP contribution is -2.40. The average Bonchev–Trinajstić information content (AvgIpc) is 3.38. The molecule has 6 rings (SSSR count). The maximum atomic E-state index is 14.1. The van der Waals surface area contributed by atoms with E-state index >= 15 is 0 Å². The van der Waals surface area contributed by atoms with E-state index in [9.17, 15) is 14.0 Å². The van der Waals surface area contributed by atoms with Crippen LogP contribution in [0.5, 0.6) is 5.75 Å². The summed E-state index contributed by atoms with van der Waals surface area (Å²) in [5, 5.41) is 9.01. The first kappa shape index (κ1) is 30.9. The normalized spacial score (nSPS) is 14.3. The Morgan fingerprint density at radius 1 is 1.07 bits per heavy atom. The van der Waals surface area contributed by atoms with Gasteiger partial charge in [-0.25, -0.2) is 14.2 Å². The zero-order valence-corrected chi connectivity index (χ0v) is 26.8. The molecule has 0 radical (unpaired) electrons. The van der Waals surface area contributed by atoms with Crippen LogP contribution in [0.4, 0.5) is 4.39 Å². The van der Waals surface area contributed by atoms with Crippen LogP contribution in [0.3, 0.4) is 0 Å². The summed E-state index contributed by atoms with van der Waals surface area (Å²) >= 11 is 4.78. The highest BCUT2D eigenvalue weighted by atomic mass is 79.9. The molecule has 1 atom stereocenters. The maximum Gasteiger partial charge on any atom is 0.338 e. The molecule has 0 saturated carbocycles. The first-order chi connectivity index (χ1) is 22.4. The number of carbonyl (C=O) groups is 1. The van der Waals surface area contributed by atoms with Gasteiger partial charge in [0.1, 0.15) is 18.2 Å². The molecular formula is C36H25BrFN3O4S. The lowest BCUT2D eigenvalue weighted by molar-refractivity contribution is -0.138. The monoisotopic (exact) mass is 693 g/mol. The first-order valence-corrected chi connectivity index (χ1v) is 15.9. The molecule has 0 aliphatic carbocycles. The van der Waals surface area contributed by atoms with Crippen molar-refractivity contribution in [3.63, 3.8) is 0 Å². The Morgan fingerprint density at radius 2 is 1.80 bits per heavy atom. The van der Waals surface area contributed by atoms with Crippen molar-refractivity contribution in [3.05, 3.63) is 160 Å². The van der Waals surface area contributed by atoms with Crippen molar-refractivity contribution in [2.45, 2.75) is 19.6 Å². The largest absolute Gasteiger partial charge is 0.488 e. The molecule has 0 amide bonds. The number of esters is 1. The third-order valence-electron chi connectivity index (χ3n) is 7.29. The van der Waals surface area contributed by atoms with Crippen molar-refractivity contribution in [3.8, 4) is 11.8 Å². The van der Waals surface area contributed by atoms with Gasteiger partial charge in [-0.3, -0.25) is 9.36 Å². The van der Waals surface area contributed by atoms with Crippen LogP contribution < -0.4 is 19.6 Å². The van der Waals surface area contributed by atoms with Gasteiger partial charge in [-0.05, 0) is 82.0 Å². The SMILES string of the molecule is CCOC(=O)C1=C(c2ccccc2)N=c2s/c(=C\c3ccc(OCc4ccc(C#N)cc4)c(Br)c3)c(=O)n2[C@@H]1c1ccc(F)cc1. The van der Waals surface area contributed by atoms with Crippen LogP contribution in [0.2, 0.25) is 0 Å². The van der Waals surface area contributed by atoms with E-state index in [0.29, 0.717) is 48.6 Å². The average molecular weight is 695 g/mol. The fraction of sp³-hybridized carbons (Fsp3) is 0.111. The van der Waals surface area contributed by atoms with Gasteiger partial charge in [0.15, 0.2) is 4.80 Å². The van der Waals surface area contributed by atoms with Gasteiger partial charge in [0.2, 0.25) is 0 Å². The number of thiazole rings is 1. The van der Waals surface area contributed by atoms with Gasteiger partial charge in [0.25, 0.3) is 5.56 Å². The molecule has 1 aromatic heterocycles. The number of rotatable bonds is 8. The minimum absolute atomic E-state index is 0.132. The number of ether oxygens (including phenoxy) is 2. The highest BCUT2D eigenvalue weighted by Gasteiger charge is 2.35. The fourth-order valence-corrected chi connectivity index (χ4v) is 6.62. The molecular weight excluding hydrogens is 669 g/mol. The second-order valence-corrected chi connectivity index (χ2v) is 12.1. The van der Waals surface area contributed by atoms with Crippen molar-refractivity contribution in [2.24, 2.45) is 4.99 Å². The van der Waals surface area contributed by atoms with Crippen LogP contribution in [0.15, 0.2) is 117 Å². The number of nitriles is 1. The van der Waals surface area contributed by atoms with Crippen LogP contribution in [0.25, 0.3) is 11.8 Å². The zero-order chi connectivity index (χ0) is 32.2. The highest BCUT2D eigenvalue weighted by Crippen LogP contribution is 2.35. The number of fused-ring (bicyclic) bond motifs is 1. The predicted molar refractivity (Wildman–Crippen MR) is 177 cm³/mol. The van der Waals surface area contributed by atoms with Gasteiger partial charge in [0, 0.05) is 5.56 Å². The van der Waals surface area contributed by atoms with E-state index in [0.717, 1.165) is 11.1 Å². The molecule has 0 fully saturated rings. The molecule has 2 heterocycles. The predicted octanol–water partition coefficient (Wildman–Crippen LogP) is 6.29. The molecule has 0 spiro atoms. The summed E-state index contributed by atoms with van der Waals surface area (Å²) in [5.41, 5.74) is 3.74. The summed E-state index contributed by atoms with van der Waals surface area (Å²) < 4.78 is 28.0. The van der Waals surface area contributed by atoms with Crippen LogP contribution in [-0.2, 0) is 16.1 Å². The lowest BCUT2D eigenvalue weighted by Gasteiger charge is -2.25. The molecule has 0 N–H and O–H groups in total. The molecule has 1 aliphatic rings. The van der Waals surface area contributed by atoms with Gasteiger partial charge in [0.05, 0.1) is 44.6 Å². The summed E-state index contributed by atoms with van der Waals surface area (Å²) in [6.45, 7) is 2.16. The van der Waals surface area contributed by atoms with Gasteiger partial charge in [-0.2, -0.15) is 5.26 Å². The summed E-state index contributed by atoms with van der Waals surface area (Å²) in [5.74, 6) is -0.420. The van der Waals surface area contributed by atoms with E-state index in [2.05, 4.69) is 22.0 Å². The number of benzene rings is 4. The van der Waals surface area contributed by atoms with E-state index in [1.54, 1.807) is 37.3 Å². The molecule has 4 aromatic carbocycles. The number of nitrogens with zero attached hydrogens (tertiary/aromatic N) is 3. The highest BCUT2D eigenvalue weighted by molar-refractivity contribution is 9.10. The van der Waals surface area contributed by atoms with Crippen molar-refractivity contribution in [2.75, 3.05) is 6.61 Å². The van der Waals surface area contributed by atoms with E-state index in [1.807, 2.05) is 60.7 Å². The zero-order valence-electron chi connectivity index (χ0n) is 24.4. The minimum Gasteiger partial charge on any atom is -0.488 e. The van der Waals surface area contributed by atoms with Gasteiger partial charge in [-0.1, -0.05) is 72.0 Å². The quantitative estimate of drug-likeness (QED) is 0.178. The van der Waals surface area contributed by atoms with Gasteiger partial charge >= 0.3 is 5.97 Å². The summed E-state index contributed by atoms with van der Waals surface area (Å²) in [7, 11) is 0. The van der Waals surface area contributed by atoms with Crippen molar-refractivity contribution >= 4 is 45.0 Å². The summed E-state index contributed by atoms with van der Waals surface area (Å²) in [6, 6.07) is 28.9. The molecule has 0 unspecified atom stereocenters. The Balaban J connectivity index is 1.43. The third-order valence-corrected chi connectivity index (χ3v) is 8.89. The van der Waals surface area contributed by atoms with Crippen LogP contribution >= 0.6 is 27.3 Å². The molecule has 46 heavy (non-hydrogen) atoms. The summed E-state index contributed by atoms with van der Waals surface area (Å²) in [6.07, 6.45) is 1.76. The smallest absolute Gasteiger partial charge is 0.338 e. The molecule has 0 bridgehead atoms. The number of aromatic nitrogens is 1. The maximum absolute atomic E-state index is 14.1. The Morgan fingerprint density at radius 3 is 2.48 bits per heavy atom. The topological polar surface area (TPSA) is 93.7 Å². The Kier molecular flexibility index (Phi) is 9.06. The van der Waals surface area contributed by atoms with E-state index in [1.165, 1.54) is 28.0 Å². The second kappa shape index (κ2) is 13.5. The molecule has 228 valence electrons. The molecule has 10 heteroatoms. The van der Waals surface area contributed by atoms with Gasteiger partial charge < -0.3 is 9.47 Å². The third kappa shape index (κ3) is 6.33. The number of carbonyl (C=O) groups excluding carboxylic acids is 1. The van der Waals surface area contributed by atoms with Crippen LogP contribution in [-0.4, -0.2) is 17.1 Å². The van der Waals surface area contributed by atoms with Crippen molar-refractivity contribution < 1.29 is 18.7 Å². The lowest BCUT2D eigenvalue weighted by atomic mass is 9.93. The van der Waals surface area contributed by atoms with Crippen molar-refractivity contribution in [1.29, 1.82) is 5.26 Å². The number of hydrogen-bond donors (Lipinski definition) is 0. The van der Waals surface area contributed by atoms with Gasteiger partial charge in [-0.15, -0.1) is 0 Å². The van der Waals surface area contributed by atoms with E-state index in [4.69, 9.17) is 19.7 Å². The molecule has 5 aromatic rings. The first-order valence-electron chi connectivity index (χ1n) is 14.3. The number of halogens is 2. The fourth-order valence-electron chi connectivity index (χ4n) is 5.11. The second-order valence-electron chi connectivity index (χ2n) is 10.3. The van der Waals surface area contributed by atoms with Crippen LogP contribution in [0, 0.1) is 17.1 Å².